The Morgan fingerprint density at radius 3 is 2.52 bits per heavy atom. The number of ether oxygens (including phenoxy) is 1. The third kappa shape index (κ3) is 4.46. The third-order valence-electron chi connectivity index (χ3n) is 4.22. The van der Waals surface area contributed by atoms with Gasteiger partial charge >= 0.3 is 0 Å². The summed E-state index contributed by atoms with van der Waals surface area (Å²) >= 11 is 0. The number of hydrogen-bond acceptors (Lipinski definition) is 3. The van der Waals surface area contributed by atoms with Crippen LogP contribution in [0.3, 0.4) is 0 Å². The Labute approximate surface area is 124 Å². The summed E-state index contributed by atoms with van der Waals surface area (Å²) in [5, 5.41) is 12.6. The predicted octanol–water partition coefficient (Wildman–Crippen LogP) is 2.79. The minimum atomic E-state index is -0.835. The largest absolute Gasteiger partial charge is 0.396 e. The van der Waals surface area contributed by atoms with Crippen LogP contribution < -0.4 is 5.32 Å². The quantitative estimate of drug-likeness (QED) is 0.849. The molecule has 2 rings (SSSR count). The molecule has 0 spiro atoms. The summed E-state index contributed by atoms with van der Waals surface area (Å²) in [6.07, 6.45) is 3.95. The lowest BCUT2D eigenvalue weighted by Gasteiger charge is -2.31. The zero-order chi connectivity index (χ0) is 15.2. The number of benzene rings is 1. The van der Waals surface area contributed by atoms with Gasteiger partial charge in [0.1, 0.15) is 0 Å². The molecule has 118 valence electrons. The zero-order valence-corrected chi connectivity index (χ0v) is 12.3. The molecule has 1 aromatic carbocycles. The van der Waals surface area contributed by atoms with Crippen LogP contribution in [0.4, 0.5) is 8.78 Å². The van der Waals surface area contributed by atoms with Gasteiger partial charge < -0.3 is 15.2 Å². The van der Waals surface area contributed by atoms with Gasteiger partial charge in [0.2, 0.25) is 0 Å². The Morgan fingerprint density at radius 1 is 1.24 bits per heavy atom. The number of methoxy groups -OCH3 is 1. The van der Waals surface area contributed by atoms with E-state index < -0.39 is 11.6 Å². The summed E-state index contributed by atoms with van der Waals surface area (Å²) < 4.78 is 31.6. The van der Waals surface area contributed by atoms with E-state index in [9.17, 15) is 8.78 Å². The normalized spacial score (nSPS) is 24.0. The Kier molecular flexibility index (Phi) is 6.08. The highest BCUT2D eigenvalue weighted by Crippen LogP contribution is 2.26. The van der Waals surface area contributed by atoms with Crippen LogP contribution in [0.2, 0.25) is 0 Å². The molecule has 1 aromatic rings. The van der Waals surface area contributed by atoms with Gasteiger partial charge in [0.25, 0.3) is 0 Å². The second-order valence-corrected chi connectivity index (χ2v) is 5.75. The molecule has 0 radical (unpaired) electrons. The van der Waals surface area contributed by atoms with Crippen molar-refractivity contribution in [3.63, 3.8) is 0 Å². The molecule has 0 amide bonds. The summed E-state index contributed by atoms with van der Waals surface area (Å²) in [5.74, 6) is -1.27. The maximum absolute atomic E-state index is 13.4. The molecule has 1 aliphatic rings. The summed E-state index contributed by atoms with van der Waals surface area (Å²) in [7, 11) is 1.59. The van der Waals surface area contributed by atoms with Crippen molar-refractivity contribution in [2.24, 2.45) is 5.92 Å². The Bertz CT molecular complexity index is 448. The average molecular weight is 299 g/mol. The van der Waals surface area contributed by atoms with E-state index in [0.29, 0.717) is 24.1 Å². The molecule has 1 fully saturated rings. The Hall–Kier alpha value is -1.04. The smallest absolute Gasteiger partial charge is 0.159 e. The van der Waals surface area contributed by atoms with Gasteiger partial charge in [-0.2, -0.15) is 0 Å². The van der Waals surface area contributed by atoms with E-state index in [1.54, 1.807) is 13.2 Å². The molecule has 0 heterocycles. The molecule has 0 saturated heterocycles. The number of hydrogen-bond donors (Lipinski definition) is 2. The summed E-state index contributed by atoms with van der Waals surface area (Å²) in [6.45, 7) is 0.655. The second-order valence-electron chi connectivity index (χ2n) is 5.75. The van der Waals surface area contributed by atoms with Crippen LogP contribution in [0.1, 0.15) is 37.3 Å². The highest BCUT2D eigenvalue weighted by atomic mass is 19.2. The molecule has 0 bridgehead atoms. The maximum Gasteiger partial charge on any atom is 0.159 e. The third-order valence-corrected chi connectivity index (χ3v) is 4.22. The van der Waals surface area contributed by atoms with E-state index in [1.807, 2.05) is 0 Å². The lowest BCUT2D eigenvalue weighted by Crippen LogP contribution is -2.38. The lowest BCUT2D eigenvalue weighted by atomic mass is 9.86. The molecule has 1 saturated carbocycles. The van der Waals surface area contributed by atoms with Gasteiger partial charge in [-0.05, 0) is 49.3 Å². The molecule has 1 unspecified atom stereocenters. The lowest BCUT2D eigenvalue weighted by molar-refractivity contribution is 0.140. The second kappa shape index (κ2) is 7.82. The maximum atomic E-state index is 13.4. The van der Waals surface area contributed by atoms with Crippen molar-refractivity contribution >= 4 is 0 Å². The van der Waals surface area contributed by atoms with Crippen molar-refractivity contribution in [2.75, 3.05) is 20.3 Å². The first-order valence-electron chi connectivity index (χ1n) is 7.44. The molecular formula is C16H23F2NO2. The first-order chi connectivity index (χ1) is 10.1. The van der Waals surface area contributed by atoms with Gasteiger partial charge in [-0.3, -0.25) is 0 Å². The van der Waals surface area contributed by atoms with Crippen LogP contribution in [0, 0.1) is 17.6 Å². The fourth-order valence-electron chi connectivity index (χ4n) is 2.93. The predicted molar refractivity (Wildman–Crippen MR) is 76.9 cm³/mol. The van der Waals surface area contributed by atoms with E-state index in [4.69, 9.17) is 9.84 Å². The molecule has 5 heteroatoms. The SMILES string of the molecule is COCC(NC1CCC(CO)CC1)c1ccc(F)c(F)c1. The van der Waals surface area contributed by atoms with Crippen molar-refractivity contribution in [2.45, 2.75) is 37.8 Å². The van der Waals surface area contributed by atoms with Crippen LogP contribution in [-0.2, 0) is 4.74 Å². The Morgan fingerprint density at radius 2 is 1.95 bits per heavy atom. The molecule has 21 heavy (non-hydrogen) atoms. The van der Waals surface area contributed by atoms with Crippen molar-refractivity contribution < 1.29 is 18.6 Å². The van der Waals surface area contributed by atoms with Gasteiger partial charge in [-0.1, -0.05) is 6.07 Å². The highest BCUT2D eigenvalue weighted by molar-refractivity contribution is 5.21. The first kappa shape index (κ1) is 16.3. The fourth-order valence-corrected chi connectivity index (χ4v) is 2.93. The minimum Gasteiger partial charge on any atom is -0.396 e. The van der Waals surface area contributed by atoms with Crippen LogP contribution in [0.5, 0.6) is 0 Å². The Balaban J connectivity index is 2.00. The van der Waals surface area contributed by atoms with Gasteiger partial charge in [0.15, 0.2) is 11.6 Å². The van der Waals surface area contributed by atoms with E-state index in [2.05, 4.69) is 5.32 Å². The van der Waals surface area contributed by atoms with Crippen molar-refractivity contribution in [1.82, 2.24) is 5.32 Å². The van der Waals surface area contributed by atoms with Crippen molar-refractivity contribution in [3.8, 4) is 0 Å². The number of halogens is 2. The topological polar surface area (TPSA) is 41.5 Å². The number of aliphatic hydroxyl groups excluding tert-OH is 1. The van der Waals surface area contributed by atoms with Gasteiger partial charge in [0.05, 0.1) is 12.6 Å². The number of nitrogens with one attached hydrogen (secondary N) is 1. The van der Waals surface area contributed by atoms with Crippen LogP contribution >= 0.6 is 0 Å². The highest BCUT2D eigenvalue weighted by Gasteiger charge is 2.23. The van der Waals surface area contributed by atoms with Crippen molar-refractivity contribution in [3.05, 3.63) is 35.4 Å². The van der Waals surface area contributed by atoms with E-state index in [1.165, 1.54) is 6.07 Å². The molecule has 2 N–H and O–H groups in total. The average Bonchev–Trinajstić information content (AvgIpc) is 2.50. The van der Waals surface area contributed by atoms with Crippen molar-refractivity contribution in [1.29, 1.82) is 0 Å². The molecule has 0 aromatic heterocycles. The van der Waals surface area contributed by atoms with Crippen LogP contribution in [0.15, 0.2) is 18.2 Å². The summed E-state index contributed by atoms with van der Waals surface area (Å²) in [6, 6.07) is 4.14. The molecule has 1 atom stereocenters. The van der Waals surface area contributed by atoms with Gasteiger partial charge in [-0.25, -0.2) is 8.78 Å². The monoisotopic (exact) mass is 299 g/mol. The number of rotatable bonds is 6. The van der Waals surface area contributed by atoms with E-state index in [-0.39, 0.29) is 12.6 Å². The molecular weight excluding hydrogens is 276 g/mol. The van der Waals surface area contributed by atoms with Gasteiger partial charge in [-0.15, -0.1) is 0 Å². The van der Waals surface area contributed by atoms with Crippen LogP contribution in [-0.4, -0.2) is 31.5 Å². The van der Waals surface area contributed by atoms with E-state index >= 15 is 0 Å². The van der Waals surface area contributed by atoms with E-state index in [0.717, 1.165) is 31.7 Å². The summed E-state index contributed by atoms with van der Waals surface area (Å²) in [5.41, 5.74) is 0.694. The molecule has 1 aliphatic carbocycles. The zero-order valence-electron chi connectivity index (χ0n) is 12.3. The standard InChI is InChI=1S/C16H23F2NO2/c1-21-10-16(12-4-7-14(17)15(18)8-12)19-13-5-2-11(9-20)3-6-13/h4,7-8,11,13,16,19-20H,2-3,5-6,9-10H2,1H3. The minimum absolute atomic E-state index is 0.152. The molecule has 0 aliphatic heterocycles. The fraction of sp³-hybridized carbons (Fsp3) is 0.625. The summed E-state index contributed by atoms with van der Waals surface area (Å²) in [4.78, 5) is 0. The van der Waals surface area contributed by atoms with Gasteiger partial charge in [0, 0.05) is 19.8 Å². The first-order valence-corrected chi connectivity index (χ1v) is 7.44. The van der Waals surface area contributed by atoms with Crippen LogP contribution in [0.25, 0.3) is 0 Å². The molecule has 3 nitrogen and oxygen atoms in total. The number of aliphatic hydroxyl groups is 1.